The third-order valence-electron chi connectivity index (χ3n) is 3.01. The molecule has 0 aromatic heterocycles. The van der Waals surface area contributed by atoms with E-state index in [4.69, 9.17) is 13.0 Å². The van der Waals surface area contributed by atoms with E-state index >= 15 is 0 Å². The minimum atomic E-state index is -4.12. The van der Waals surface area contributed by atoms with Crippen LogP contribution in [0.5, 0.6) is 11.5 Å². The summed E-state index contributed by atoms with van der Waals surface area (Å²) in [6, 6.07) is 10.5. The molecule has 0 heterocycles. The zero-order valence-electron chi connectivity index (χ0n) is 15.1. The molecule has 5 heteroatoms. The number of aryl methyl sites for hydroxylation is 1. The first kappa shape index (κ1) is 12.3. The molecule has 116 valence electrons. The maximum Gasteiger partial charge on any atom is 0.339 e. The molecule has 0 N–H and O–H groups in total. The van der Waals surface area contributed by atoms with Gasteiger partial charge in [-0.25, -0.2) is 0 Å². The first-order valence-electron chi connectivity index (χ1n) is 8.05. The quantitative estimate of drug-likeness (QED) is 0.603. The third-order valence-corrected chi connectivity index (χ3v) is 4.26. The van der Waals surface area contributed by atoms with Crippen LogP contribution in [0.25, 0.3) is 0 Å². The second kappa shape index (κ2) is 6.66. The summed E-state index contributed by atoms with van der Waals surface area (Å²) in [5.41, 5.74) is 1.62. The van der Waals surface area contributed by atoms with Crippen LogP contribution in [-0.4, -0.2) is 15.5 Å². The average molecular weight is 321 g/mol. The molecule has 0 aliphatic heterocycles. The Hall–Kier alpha value is -2.27. The molecule has 0 fully saturated rings. The van der Waals surface area contributed by atoms with Gasteiger partial charge in [0, 0.05) is 0 Å². The highest BCUT2D eigenvalue weighted by Gasteiger charge is 2.19. The van der Waals surface area contributed by atoms with E-state index in [0.717, 1.165) is 5.56 Å². The van der Waals surface area contributed by atoms with Gasteiger partial charge in [0.1, 0.15) is 4.90 Å². The molecule has 2 rings (SSSR count). The molecule has 22 heavy (non-hydrogen) atoms. The van der Waals surface area contributed by atoms with E-state index in [1.165, 1.54) is 24.3 Å². The van der Waals surface area contributed by atoms with E-state index in [1.54, 1.807) is 24.3 Å². The molecule has 2 aromatic rings. The highest BCUT2D eigenvalue weighted by Crippen LogP contribution is 2.31. The summed E-state index contributed by atoms with van der Waals surface area (Å²) in [4.78, 5) is -0.0342. The van der Waals surface area contributed by atoms with Gasteiger partial charge in [-0.3, -0.25) is 0 Å². The summed E-state index contributed by atoms with van der Waals surface area (Å²) in [5, 5.41) is 0. The zero-order valence-corrected chi connectivity index (χ0v) is 12.9. The maximum absolute atomic E-state index is 12.4. The van der Waals surface area contributed by atoms with Crippen molar-refractivity contribution >= 4 is 10.1 Å². The molecule has 0 aliphatic carbocycles. The lowest BCUT2D eigenvalue weighted by molar-refractivity contribution is 0.390. The number of ether oxygens (including phenoxy) is 1. The van der Waals surface area contributed by atoms with Crippen LogP contribution in [0.3, 0.4) is 0 Å². The van der Waals surface area contributed by atoms with E-state index in [2.05, 4.69) is 6.58 Å². The van der Waals surface area contributed by atoms with Crippen molar-refractivity contribution < 1.29 is 21.5 Å². The van der Waals surface area contributed by atoms with Gasteiger partial charge in [-0.15, -0.1) is 6.58 Å². The van der Waals surface area contributed by atoms with Crippen LogP contribution in [0.2, 0.25) is 0 Å². The van der Waals surface area contributed by atoms with Crippen LogP contribution >= 0.6 is 0 Å². The second-order valence-corrected chi connectivity index (χ2v) is 6.27. The van der Waals surface area contributed by atoms with Crippen molar-refractivity contribution in [1.29, 1.82) is 0 Å². The number of allylic oxidation sites excluding steroid dienone is 1. The highest BCUT2D eigenvalue weighted by atomic mass is 32.2. The van der Waals surface area contributed by atoms with Crippen molar-refractivity contribution in [3.63, 3.8) is 0 Å². The monoisotopic (exact) mass is 321 g/mol. The van der Waals surface area contributed by atoms with E-state index in [9.17, 15) is 8.42 Å². The Morgan fingerprint density at radius 1 is 1.18 bits per heavy atom. The molecule has 0 bridgehead atoms. The summed E-state index contributed by atoms with van der Waals surface area (Å²) in [6.07, 6.45) is 2.11. The van der Waals surface area contributed by atoms with Gasteiger partial charge < -0.3 is 8.92 Å². The topological polar surface area (TPSA) is 52.6 Å². The summed E-state index contributed by atoms with van der Waals surface area (Å²) in [5.74, 6) is -0.362. The van der Waals surface area contributed by atoms with Gasteiger partial charge in [0.2, 0.25) is 0 Å². The van der Waals surface area contributed by atoms with Gasteiger partial charge in [0.25, 0.3) is 0 Å². The van der Waals surface area contributed by atoms with Gasteiger partial charge >= 0.3 is 10.1 Å². The number of hydrogen-bond donors (Lipinski definition) is 0. The van der Waals surface area contributed by atoms with Crippen LogP contribution in [0.4, 0.5) is 0 Å². The Bertz CT molecular complexity index is 856. The Balaban J connectivity index is 2.39. The minimum Gasteiger partial charge on any atom is -0.493 e. The fourth-order valence-corrected chi connectivity index (χ4v) is 2.81. The fourth-order valence-electron chi connectivity index (χ4n) is 1.87. The van der Waals surface area contributed by atoms with E-state index in [0.29, 0.717) is 12.0 Å². The van der Waals surface area contributed by atoms with Crippen molar-refractivity contribution in [2.75, 3.05) is 7.04 Å². The molecule has 0 radical (unpaired) electrons. The number of rotatable bonds is 6. The van der Waals surface area contributed by atoms with Crippen molar-refractivity contribution in [1.82, 2.24) is 0 Å². The van der Waals surface area contributed by atoms with Crippen LogP contribution in [0.1, 0.15) is 15.2 Å². The Morgan fingerprint density at radius 2 is 1.91 bits per heavy atom. The first-order chi connectivity index (χ1) is 11.6. The van der Waals surface area contributed by atoms with Crippen molar-refractivity contribution in [3.8, 4) is 11.5 Å². The predicted octanol–water partition coefficient (Wildman–Crippen LogP) is 3.50. The lowest BCUT2D eigenvalue weighted by Crippen LogP contribution is -2.10. The Labute approximate surface area is 135 Å². The van der Waals surface area contributed by atoms with E-state index in [1.807, 2.05) is 6.92 Å². The van der Waals surface area contributed by atoms with Gasteiger partial charge in [0.15, 0.2) is 11.5 Å². The van der Waals surface area contributed by atoms with Gasteiger partial charge in [0.05, 0.1) is 11.2 Å². The van der Waals surface area contributed by atoms with Gasteiger partial charge in [-0.05, 0) is 43.2 Å². The summed E-state index contributed by atoms with van der Waals surface area (Å²) in [6.45, 7) is 5.44. The Morgan fingerprint density at radius 3 is 2.55 bits per heavy atom. The smallest absolute Gasteiger partial charge is 0.339 e. The molecule has 0 spiro atoms. The van der Waals surface area contributed by atoms with E-state index in [-0.39, 0.29) is 16.4 Å². The first-order valence-corrected chi connectivity index (χ1v) is 7.95. The van der Waals surface area contributed by atoms with E-state index < -0.39 is 17.2 Å². The van der Waals surface area contributed by atoms with Crippen molar-refractivity contribution in [2.24, 2.45) is 0 Å². The fraction of sp³-hybridized carbons (Fsp3) is 0.176. The summed E-state index contributed by atoms with van der Waals surface area (Å²) >= 11 is 0. The summed E-state index contributed by atoms with van der Waals surface area (Å²) in [7, 11) is -6.85. The number of benzene rings is 2. The zero-order chi connectivity index (χ0) is 18.7. The molecule has 0 aliphatic rings. The standard InChI is InChI=1S/C17H18O4S/c1-4-5-14-8-11-16(17(12-14)20-3)21-22(18,19)15-9-6-13(2)7-10-15/h4,6-12H,1,5H2,2-3H3/i3D3. The number of methoxy groups -OCH3 is 1. The molecular weight excluding hydrogens is 300 g/mol. The molecule has 0 saturated carbocycles. The van der Waals surface area contributed by atoms with Crippen LogP contribution in [-0.2, 0) is 16.5 Å². The molecule has 0 amide bonds. The predicted molar refractivity (Wildman–Crippen MR) is 85.9 cm³/mol. The molecule has 0 saturated heterocycles. The third kappa shape index (κ3) is 3.68. The lowest BCUT2D eigenvalue weighted by Gasteiger charge is -2.12. The summed E-state index contributed by atoms with van der Waals surface area (Å²) < 4.78 is 56.5. The SMILES string of the molecule is [2H]C([2H])([2H])Oc1cc(CC=C)ccc1OS(=O)(=O)c1ccc(C)cc1. The van der Waals surface area contributed by atoms with Crippen molar-refractivity contribution in [2.45, 2.75) is 18.2 Å². The largest absolute Gasteiger partial charge is 0.493 e. The number of hydrogen-bond acceptors (Lipinski definition) is 4. The Kier molecular flexibility index (Phi) is 3.72. The van der Waals surface area contributed by atoms with Crippen LogP contribution < -0.4 is 8.92 Å². The van der Waals surface area contributed by atoms with Crippen molar-refractivity contribution in [3.05, 3.63) is 66.2 Å². The molecule has 2 aromatic carbocycles. The molecular formula is C17H18O4S. The molecule has 0 atom stereocenters. The lowest BCUT2D eigenvalue weighted by atomic mass is 10.1. The van der Waals surface area contributed by atoms with Crippen LogP contribution in [0.15, 0.2) is 60.0 Å². The van der Waals surface area contributed by atoms with Crippen LogP contribution in [0, 0.1) is 6.92 Å². The molecule has 4 nitrogen and oxygen atoms in total. The highest BCUT2D eigenvalue weighted by molar-refractivity contribution is 7.87. The second-order valence-electron chi connectivity index (χ2n) is 4.73. The maximum atomic E-state index is 12.4. The average Bonchev–Trinajstić information content (AvgIpc) is 2.49. The minimum absolute atomic E-state index is 0.0342. The molecule has 0 unspecified atom stereocenters. The van der Waals surface area contributed by atoms with Gasteiger partial charge in [-0.2, -0.15) is 8.42 Å². The normalized spacial score (nSPS) is 13.6. The van der Waals surface area contributed by atoms with Gasteiger partial charge in [-0.1, -0.05) is 29.8 Å².